The number of nitrogens with zero attached hydrogens (tertiary/aromatic N) is 5. The second-order valence-corrected chi connectivity index (χ2v) is 10.1. The van der Waals surface area contributed by atoms with Gasteiger partial charge >= 0.3 is 0 Å². The molecule has 6 rings (SSSR count). The molecule has 186 valence electrons. The van der Waals surface area contributed by atoms with Gasteiger partial charge < -0.3 is 14.5 Å². The molecule has 35 heavy (non-hydrogen) atoms. The Morgan fingerprint density at radius 1 is 1.23 bits per heavy atom. The fourth-order valence-electron chi connectivity index (χ4n) is 5.29. The Kier molecular flexibility index (Phi) is 6.65. The molecule has 0 saturated carbocycles. The summed E-state index contributed by atoms with van der Waals surface area (Å²) in [5.74, 6) is 1.92. The molecule has 2 aromatic heterocycles. The van der Waals surface area contributed by atoms with Crippen LogP contribution in [0.4, 0.5) is 11.5 Å². The van der Waals surface area contributed by atoms with Gasteiger partial charge in [-0.25, -0.2) is 0 Å². The summed E-state index contributed by atoms with van der Waals surface area (Å²) in [5, 5.41) is 12.4. The lowest BCUT2D eigenvalue weighted by molar-refractivity contribution is -0.129. The number of carbonyl (C=O) groups excluding carboxylic acids is 1. The predicted octanol–water partition coefficient (Wildman–Crippen LogP) is 4.15. The molecule has 5 heterocycles. The summed E-state index contributed by atoms with van der Waals surface area (Å²) in [6.07, 6.45) is 6.33. The van der Waals surface area contributed by atoms with E-state index in [0.717, 1.165) is 74.3 Å². The van der Waals surface area contributed by atoms with Gasteiger partial charge in [-0.3, -0.25) is 14.6 Å². The number of nitrogens with one attached hydrogen (secondary N) is 1. The number of rotatable bonds is 2. The quantitative estimate of drug-likeness (QED) is 0.601. The number of carbonyl (C=O) groups is 1. The molecule has 1 amide bonds. The van der Waals surface area contributed by atoms with Crippen LogP contribution in [-0.2, 0) is 36.0 Å². The molecular formula is C27H36N6O2. The standard InChI is InChI=1S/C22H26N6O.C5H10O/c1-14-18(12-26(3)25-14)16-6-7-21-17(11-16)5-4-9-28(21)22-19-13-27(15(2)29)10-8-20(19)23-24-22;1-5-2-3-6-4-5/h6-7,11-12H,4-5,8-10,13H2,1-3H3,(H,23,24);5H,2-4H2,1H3/t;5-/m.0/s1. The number of aromatic nitrogens is 4. The lowest BCUT2D eigenvalue weighted by Crippen LogP contribution is -2.35. The van der Waals surface area contributed by atoms with Crippen LogP contribution in [0.5, 0.6) is 0 Å². The van der Waals surface area contributed by atoms with Gasteiger partial charge in [0.2, 0.25) is 5.91 Å². The minimum atomic E-state index is 0.123. The minimum absolute atomic E-state index is 0.123. The van der Waals surface area contributed by atoms with E-state index in [1.807, 2.05) is 16.6 Å². The van der Waals surface area contributed by atoms with Crippen LogP contribution in [0.1, 0.15) is 49.2 Å². The molecule has 3 aliphatic rings. The molecule has 0 bridgehead atoms. The number of aryl methyl sites for hydroxylation is 3. The Bertz CT molecular complexity index is 1210. The van der Waals surface area contributed by atoms with E-state index in [4.69, 9.17) is 4.74 Å². The summed E-state index contributed by atoms with van der Waals surface area (Å²) in [7, 11) is 1.96. The zero-order chi connectivity index (χ0) is 24.5. The highest BCUT2D eigenvalue weighted by atomic mass is 16.5. The Morgan fingerprint density at radius 3 is 2.74 bits per heavy atom. The first kappa shape index (κ1) is 23.6. The van der Waals surface area contributed by atoms with Crippen molar-refractivity contribution in [1.29, 1.82) is 0 Å². The third-order valence-electron chi connectivity index (χ3n) is 7.29. The van der Waals surface area contributed by atoms with Crippen molar-refractivity contribution in [3.8, 4) is 11.1 Å². The molecule has 8 nitrogen and oxygen atoms in total. The molecule has 0 unspecified atom stereocenters. The SMILES string of the molecule is CC(=O)N1CCc2[nH]nc(N3CCCc4cc(-c5cn(C)nc5C)ccc43)c2C1.C[C@H]1CCOC1. The highest BCUT2D eigenvalue weighted by Crippen LogP contribution is 2.38. The van der Waals surface area contributed by atoms with Crippen LogP contribution < -0.4 is 4.90 Å². The second-order valence-electron chi connectivity index (χ2n) is 10.1. The number of anilines is 2. The number of hydrogen-bond acceptors (Lipinski definition) is 5. The van der Waals surface area contributed by atoms with Crippen LogP contribution in [-0.4, -0.2) is 57.1 Å². The normalized spacial score (nSPS) is 19.1. The molecule has 1 fully saturated rings. The topological polar surface area (TPSA) is 79.3 Å². The van der Waals surface area contributed by atoms with Gasteiger partial charge in [0.1, 0.15) is 0 Å². The van der Waals surface area contributed by atoms with Gasteiger partial charge in [0.15, 0.2) is 5.82 Å². The predicted molar refractivity (Wildman–Crippen MR) is 137 cm³/mol. The van der Waals surface area contributed by atoms with E-state index in [2.05, 4.69) is 58.4 Å². The summed E-state index contributed by atoms with van der Waals surface area (Å²) >= 11 is 0. The third-order valence-corrected chi connectivity index (χ3v) is 7.29. The van der Waals surface area contributed by atoms with Crippen molar-refractivity contribution >= 4 is 17.4 Å². The molecule has 3 aromatic rings. The van der Waals surface area contributed by atoms with Crippen LogP contribution >= 0.6 is 0 Å². The van der Waals surface area contributed by atoms with Gasteiger partial charge in [0, 0.05) is 75.4 Å². The van der Waals surface area contributed by atoms with E-state index in [1.165, 1.54) is 28.8 Å². The van der Waals surface area contributed by atoms with Crippen LogP contribution in [0.15, 0.2) is 24.4 Å². The lowest BCUT2D eigenvalue weighted by atomic mass is 9.96. The molecule has 3 aliphatic heterocycles. The summed E-state index contributed by atoms with van der Waals surface area (Å²) in [5.41, 5.74) is 8.32. The first-order chi connectivity index (χ1) is 16.9. The van der Waals surface area contributed by atoms with Crippen LogP contribution in [0, 0.1) is 12.8 Å². The summed E-state index contributed by atoms with van der Waals surface area (Å²) in [6, 6.07) is 6.69. The van der Waals surface area contributed by atoms with E-state index in [0.29, 0.717) is 6.54 Å². The van der Waals surface area contributed by atoms with E-state index < -0.39 is 0 Å². The zero-order valence-electron chi connectivity index (χ0n) is 21.3. The van der Waals surface area contributed by atoms with Crippen LogP contribution in [0.3, 0.4) is 0 Å². The third kappa shape index (κ3) is 4.85. The molecule has 0 spiro atoms. The van der Waals surface area contributed by atoms with Gasteiger partial charge in [0.25, 0.3) is 0 Å². The zero-order valence-corrected chi connectivity index (χ0v) is 21.3. The number of H-pyrrole nitrogens is 1. The Labute approximate surface area is 207 Å². The minimum Gasteiger partial charge on any atom is -0.381 e. The Hall–Kier alpha value is -3.13. The van der Waals surface area contributed by atoms with Crippen LogP contribution in [0.2, 0.25) is 0 Å². The lowest BCUT2D eigenvalue weighted by Gasteiger charge is -2.32. The largest absolute Gasteiger partial charge is 0.381 e. The number of fused-ring (bicyclic) bond motifs is 2. The second kappa shape index (κ2) is 9.85. The summed E-state index contributed by atoms with van der Waals surface area (Å²) in [4.78, 5) is 16.1. The molecule has 1 aromatic carbocycles. The maximum Gasteiger partial charge on any atom is 0.219 e. The van der Waals surface area contributed by atoms with Crippen molar-refractivity contribution in [2.45, 2.75) is 53.0 Å². The molecule has 1 atom stereocenters. The highest BCUT2D eigenvalue weighted by Gasteiger charge is 2.29. The molecule has 1 saturated heterocycles. The number of benzene rings is 1. The first-order valence-electron chi connectivity index (χ1n) is 12.7. The average Bonchev–Trinajstić information content (AvgIpc) is 3.58. The van der Waals surface area contributed by atoms with E-state index >= 15 is 0 Å². The first-order valence-corrected chi connectivity index (χ1v) is 12.7. The number of ether oxygens (including phenoxy) is 1. The van der Waals surface area contributed by atoms with Gasteiger partial charge in [-0.2, -0.15) is 10.2 Å². The monoisotopic (exact) mass is 476 g/mol. The number of amides is 1. The number of aromatic amines is 1. The van der Waals surface area contributed by atoms with Crippen LogP contribution in [0.25, 0.3) is 11.1 Å². The van der Waals surface area contributed by atoms with Gasteiger partial charge in [-0.1, -0.05) is 13.0 Å². The Morgan fingerprint density at radius 2 is 2.09 bits per heavy atom. The smallest absolute Gasteiger partial charge is 0.219 e. The number of hydrogen-bond donors (Lipinski definition) is 1. The fraction of sp³-hybridized carbons (Fsp3) is 0.519. The highest BCUT2D eigenvalue weighted by molar-refractivity contribution is 5.76. The van der Waals surface area contributed by atoms with Crippen molar-refractivity contribution in [3.05, 3.63) is 46.9 Å². The van der Waals surface area contributed by atoms with E-state index in [9.17, 15) is 4.79 Å². The van der Waals surface area contributed by atoms with Crippen molar-refractivity contribution in [3.63, 3.8) is 0 Å². The van der Waals surface area contributed by atoms with E-state index in [-0.39, 0.29) is 5.91 Å². The maximum absolute atomic E-state index is 11.9. The van der Waals surface area contributed by atoms with Gasteiger partial charge in [0.05, 0.1) is 12.2 Å². The van der Waals surface area contributed by atoms with Crippen molar-refractivity contribution < 1.29 is 9.53 Å². The van der Waals surface area contributed by atoms with Gasteiger partial charge in [-0.05, 0) is 55.4 Å². The average molecular weight is 477 g/mol. The molecule has 1 N–H and O–H groups in total. The van der Waals surface area contributed by atoms with Gasteiger partial charge in [-0.15, -0.1) is 0 Å². The maximum atomic E-state index is 11.9. The molecule has 8 heteroatoms. The summed E-state index contributed by atoms with van der Waals surface area (Å²) in [6.45, 7) is 10.2. The van der Waals surface area contributed by atoms with E-state index in [1.54, 1.807) is 6.92 Å². The fourth-order valence-corrected chi connectivity index (χ4v) is 5.29. The molecule has 0 aliphatic carbocycles. The summed E-state index contributed by atoms with van der Waals surface area (Å²) < 4.78 is 6.92. The molecule has 0 radical (unpaired) electrons. The van der Waals surface area contributed by atoms with Crippen molar-refractivity contribution in [2.24, 2.45) is 13.0 Å². The van der Waals surface area contributed by atoms with Crippen molar-refractivity contribution in [2.75, 3.05) is 31.2 Å². The molecular weight excluding hydrogens is 440 g/mol. The van der Waals surface area contributed by atoms with Crippen molar-refractivity contribution in [1.82, 2.24) is 24.9 Å². The Balaban J connectivity index is 0.000000371.